The van der Waals surface area contributed by atoms with Crippen LogP contribution in [0.3, 0.4) is 0 Å². The summed E-state index contributed by atoms with van der Waals surface area (Å²) in [6.07, 6.45) is 0. The van der Waals surface area contributed by atoms with E-state index in [0.29, 0.717) is 12.4 Å². The lowest BCUT2D eigenvalue weighted by Gasteiger charge is -2.35. The smallest absolute Gasteiger partial charge is 0.282 e. The lowest BCUT2D eigenvalue weighted by molar-refractivity contribution is -0.139. The van der Waals surface area contributed by atoms with Crippen LogP contribution >= 0.6 is 0 Å². The van der Waals surface area contributed by atoms with Crippen LogP contribution in [-0.4, -0.2) is 12.4 Å². The van der Waals surface area contributed by atoms with Crippen molar-refractivity contribution in [2.75, 3.05) is 6.61 Å². The summed E-state index contributed by atoms with van der Waals surface area (Å²) in [6, 6.07) is 17.2. The molecule has 1 atom stereocenters. The van der Waals surface area contributed by atoms with Gasteiger partial charge in [-0.05, 0) is 24.3 Å². The van der Waals surface area contributed by atoms with Gasteiger partial charge in [0.05, 0.1) is 0 Å². The quantitative estimate of drug-likeness (QED) is 0.809. The van der Waals surface area contributed by atoms with E-state index in [0.717, 1.165) is 11.5 Å². The van der Waals surface area contributed by atoms with Gasteiger partial charge in [0.15, 0.2) is 18.1 Å². The fourth-order valence-corrected chi connectivity index (χ4v) is 1.91. The Balaban J connectivity index is 1.82. The van der Waals surface area contributed by atoms with Crippen LogP contribution < -0.4 is 14.2 Å². The Labute approximate surface area is 106 Å². The summed E-state index contributed by atoms with van der Waals surface area (Å²) >= 11 is 0. The molecular formula is C15H14O3. The Hall–Kier alpha value is -2.16. The van der Waals surface area contributed by atoms with Gasteiger partial charge in [-0.3, -0.25) is 0 Å². The van der Waals surface area contributed by atoms with Gasteiger partial charge in [-0.25, -0.2) is 0 Å². The molecular weight excluding hydrogens is 228 g/mol. The molecule has 0 bridgehead atoms. The van der Waals surface area contributed by atoms with Gasteiger partial charge < -0.3 is 14.2 Å². The summed E-state index contributed by atoms with van der Waals surface area (Å²) in [4.78, 5) is 0. The zero-order chi connectivity index (χ0) is 12.4. The molecule has 1 unspecified atom stereocenters. The van der Waals surface area contributed by atoms with Crippen LogP contribution in [0, 0.1) is 0 Å². The number of para-hydroxylation sites is 3. The molecule has 0 aromatic heterocycles. The summed E-state index contributed by atoms with van der Waals surface area (Å²) in [7, 11) is 0. The second-order valence-electron chi connectivity index (χ2n) is 4.39. The molecule has 0 aliphatic carbocycles. The van der Waals surface area contributed by atoms with Crippen LogP contribution in [0.15, 0.2) is 54.6 Å². The molecule has 3 heteroatoms. The maximum absolute atomic E-state index is 5.88. The minimum atomic E-state index is -0.796. The van der Waals surface area contributed by atoms with E-state index in [1.165, 1.54) is 0 Å². The zero-order valence-electron chi connectivity index (χ0n) is 10.1. The average Bonchev–Trinajstić information content (AvgIpc) is 2.39. The van der Waals surface area contributed by atoms with Crippen molar-refractivity contribution in [2.24, 2.45) is 0 Å². The first-order valence-electron chi connectivity index (χ1n) is 5.90. The van der Waals surface area contributed by atoms with E-state index >= 15 is 0 Å². The van der Waals surface area contributed by atoms with E-state index in [4.69, 9.17) is 14.2 Å². The van der Waals surface area contributed by atoms with Crippen LogP contribution in [0.1, 0.15) is 6.92 Å². The highest BCUT2D eigenvalue weighted by molar-refractivity contribution is 5.41. The van der Waals surface area contributed by atoms with Gasteiger partial charge in [0.2, 0.25) is 0 Å². The molecule has 3 nitrogen and oxygen atoms in total. The lowest BCUT2D eigenvalue weighted by atomic mass is 10.2. The highest BCUT2D eigenvalue weighted by Gasteiger charge is 2.35. The Morgan fingerprint density at radius 2 is 1.61 bits per heavy atom. The topological polar surface area (TPSA) is 27.7 Å². The number of fused-ring (bicyclic) bond motifs is 1. The van der Waals surface area contributed by atoms with Crippen molar-refractivity contribution >= 4 is 0 Å². The van der Waals surface area contributed by atoms with Gasteiger partial charge in [-0.2, -0.15) is 0 Å². The van der Waals surface area contributed by atoms with Crippen molar-refractivity contribution in [1.29, 1.82) is 0 Å². The van der Waals surface area contributed by atoms with Crippen molar-refractivity contribution in [2.45, 2.75) is 12.7 Å². The fourth-order valence-electron chi connectivity index (χ4n) is 1.91. The number of rotatable bonds is 2. The third-order valence-electron chi connectivity index (χ3n) is 2.74. The van der Waals surface area contributed by atoms with Crippen LogP contribution in [0.4, 0.5) is 0 Å². The molecule has 2 aromatic rings. The molecule has 1 heterocycles. The third kappa shape index (κ3) is 2.12. The molecule has 3 rings (SSSR count). The van der Waals surface area contributed by atoms with Crippen molar-refractivity contribution in [1.82, 2.24) is 0 Å². The summed E-state index contributed by atoms with van der Waals surface area (Å²) in [6.45, 7) is 2.23. The normalized spacial score (nSPS) is 21.4. The Kier molecular flexibility index (Phi) is 2.59. The third-order valence-corrected chi connectivity index (χ3v) is 2.74. The average molecular weight is 242 g/mol. The van der Waals surface area contributed by atoms with E-state index in [-0.39, 0.29) is 0 Å². The van der Waals surface area contributed by atoms with Crippen LogP contribution in [-0.2, 0) is 0 Å². The minimum Gasteiger partial charge on any atom is -0.482 e. The second kappa shape index (κ2) is 4.26. The predicted octanol–water partition coefficient (Wildman–Crippen LogP) is 3.25. The zero-order valence-corrected chi connectivity index (χ0v) is 10.1. The van der Waals surface area contributed by atoms with E-state index in [1.54, 1.807) is 0 Å². The molecule has 0 fully saturated rings. The Morgan fingerprint density at radius 3 is 2.39 bits per heavy atom. The van der Waals surface area contributed by atoms with Gasteiger partial charge in [0, 0.05) is 6.92 Å². The van der Waals surface area contributed by atoms with Crippen molar-refractivity contribution in [3.63, 3.8) is 0 Å². The first-order valence-corrected chi connectivity index (χ1v) is 5.90. The molecule has 18 heavy (non-hydrogen) atoms. The molecule has 0 N–H and O–H groups in total. The number of hydrogen-bond donors (Lipinski definition) is 0. The standard InChI is InChI=1S/C15H14O3/c1-15(17-12-7-3-2-4-8-12)11-16-13-9-5-6-10-14(13)18-15/h2-10H,11H2,1H3. The molecule has 0 saturated heterocycles. The Bertz CT molecular complexity index is 538. The maximum atomic E-state index is 5.88. The van der Waals surface area contributed by atoms with Crippen LogP contribution in [0.5, 0.6) is 17.2 Å². The van der Waals surface area contributed by atoms with Crippen LogP contribution in [0.2, 0.25) is 0 Å². The number of hydrogen-bond acceptors (Lipinski definition) is 3. The van der Waals surface area contributed by atoms with E-state index in [9.17, 15) is 0 Å². The molecule has 92 valence electrons. The number of ether oxygens (including phenoxy) is 3. The second-order valence-corrected chi connectivity index (χ2v) is 4.39. The summed E-state index contributed by atoms with van der Waals surface area (Å²) < 4.78 is 17.4. The van der Waals surface area contributed by atoms with Gasteiger partial charge in [0.25, 0.3) is 5.79 Å². The monoisotopic (exact) mass is 242 g/mol. The first kappa shape index (κ1) is 11.0. The minimum absolute atomic E-state index is 0.360. The van der Waals surface area contributed by atoms with E-state index in [2.05, 4.69) is 0 Å². The molecule has 0 amide bonds. The van der Waals surface area contributed by atoms with Crippen molar-refractivity contribution in [3.05, 3.63) is 54.6 Å². The van der Waals surface area contributed by atoms with Gasteiger partial charge in [-0.1, -0.05) is 30.3 Å². The molecule has 0 spiro atoms. The maximum Gasteiger partial charge on any atom is 0.282 e. The van der Waals surface area contributed by atoms with Crippen LogP contribution in [0.25, 0.3) is 0 Å². The van der Waals surface area contributed by atoms with E-state index in [1.807, 2.05) is 61.5 Å². The summed E-state index contributed by atoms with van der Waals surface area (Å²) in [5.41, 5.74) is 0. The Morgan fingerprint density at radius 1 is 0.944 bits per heavy atom. The van der Waals surface area contributed by atoms with E-state index < -0.39 is 5.79 Å². The van der Waals surface area contributed by atoms with Gasteiger partial charge >= 0.3 is 0 Å². The molecule has 0 radical (unpaired) electrons. The molecule has 1 aliphatic rings. The summed E-state index contributed by atoms with van der Waals surface area (Å²) in [5.74, 6) is 1.44. The molecule has 1 aliphatic heterocycles. The highest BCUT2D eigenvalue weighted by Crippen LogP contribution is 2.35. The predicted molar refractivity (Wildman–Crippen MR) is 68.0 cm³/mol. The summed E-state index contributed by atoms with van der Waals surface area (Å²) in [5, 5.41) is 0. The SMILES string of the molecule is CC1(Oc2ccccc2)COc2ccccc2O1. The molecule has 0 saturated carbocycles. The molecule has 2 aromatic carbocycles. The van der Waals surface area contributed by atoms with Crippen molar-refractivity contribution < 1.29 is 14.2 Å². The first-order chi connectivity index (χ1) is 8.75. The highest BCUT2D eigenvalue weighted by atomic mass is 16.7. The van der Waals surface area contributed by atoms with Gasteiger partial charge in [-0.15, -0.1) is 0 Å². The van der Waals surface area contributed by atoms with Gasteiger partial charge in [0.1, 0.15) is 5.75 Å². The van der Waals surface area contributed by atoms with Crippen molar-refractivity contribution in [3.8, 4) is 17.2 Å². The number of benzene rings is 2. The lowest BCUT2D eigenvalue weighted by Crippen LogP contribution is -2.47. The fraction of sp³-hybridized carbons (Fsp3) is 0.200. The largest absolute Gasteiger partial charge is 0.482 e.